The Hall–Kier alpha value is -2.33. The first kappa shape index (κ1) is 23.0. The molecule has 0 aliphatic carbocycles. The smallest absolute Gasteiger partial charge is 0.309 e. The first-order valence-corrected chi connectivity index (χ1v) is 10.8. The van der Waals surface area contributed by atoms with Gasteiger partial charge in [-0.3, -0.25) is 9.59 Å². The number of carbonyl (C=O) groups is 2. The number of hydrogen-bond donors (Lipinski definition) is 0. The van der Waals surface area contributed by atoms with E-state index >= 15 is 0 Å². The van der Waals surface area contributed by atoms with Crippen molar-refractivity contribution in [1.29, 1.82) is 0 Å². The fraction of sp³-hybridized carbons (Fsp3) is 0.579. The minimum absolute atomic E-state index is 0.0735. The number of carbonyl (C=O) groups excluding carboxylic acids is 2. The van der Waals surface area contributed by atoms with E-state index in [1.807, 2.05) is 0 Å². The highest BCUT2D eigenvalue weighted by Gasteiger charge is 2.31. The first-order valence-electron chi connectivity index (χ1n) is 9.37. The molecule has 0 bridgehead atoms. The van der Waals surface area contributed by atoms with Crippen LogP contribution >= 0.6 is 0 Å². The first-order chi connectivity index (χ1) is 13.7. The number of benzene rings is 1. The number of ether oxygens (including phenoxy) is 3. The summed E-state index contributed by atoms with van der Waals surface area (Å²) in [6, 6.07) is 4.46. The summed E-state index contributed by atoms with van der Waals surface area (Å²) in [5, 5.41) is 0. The number of likely N-dealkylation sites (N-methyl/N-ethyl adjacent to an activating group) is 1. The molecule has 9 nitrogen and oxygen atoms in total. The zero-order chi connectivity index (χ0) is 21.6. The summed E-state index contributed by atoms with van der Waals surface area (Å²) in [6.07, 6.45) is 1.01. The van der Waals surface area contributed by atoms with Crippen LogP contribution in [0.2, 0.25) is 0 Å². The van der Waals surface area contributed by atoms with Crippen LogP contribution in [-0.2, 0) is 24.3 Å². The van der Waals surface area contributed by atoms with Crippen molar-refractivity contribution in [3.8, 4) is 11.5 Å². The van der Waals surface area contributed by atoms with E-state index in [-0.39, 0.29) is 35.0 Å². The van der Waals surface area contributed by atoms with Crippen LogP contribution in [0.25, 0.3) is 0 Å². The van der Waals surface area contributed by atoms with Gasteiger partial charge in [-0.25, -0.2) is 8.42 Å². The molecule has 0 unspecified atom stereocenters. The van der Waals surface area contributed by atoms with E-state index in [0.29, 0.717) is 38.3 Å². The van der Waals surface area contributed by atoms with Gasteiger partial charge < -0.3 is 19.1 Å². The maximum atomic E-state index is 13.0. The number of sulfonamides is 1. The molecule has 1 fully saturated rings. The Balaban J connectivity index is 2.05. The zero-order valence-electron chi connectivity index (χ0n) is 17.2. The van der Waals surface area contributed by atoms with Crippen LogP contribution in [0.15, 0.2) is 23.1 Å². The molecule has 0 radical (unpaired) electrons. The van der Waals surface area contributed by atoms with Gasteiger partial charge in [0.05, 0.1) is 33.3 Å². The molecule has 1 saturated heterocycles. The van der Waals surface area contributed by atoms with Gasteiger partial charge in [0.15, 0.2) is 0 Å². The Bertz CT molecular complexity index is 833. The van der Waals surface area contributed by atoms with Crippen LogP contribution in [0.3, 0.4) is 0 Å². The standard InChI is InChI=1S/C19H28N2O7S/c1-5-28-19(23)14-8-10-21(11-9-14)18(22)13-20(2)29(24,25)17-12-15(26-3)6-7-16(17)27-4/h6-7,12,14H,5,8-11,13H2,1-4H3. The van der Waals surface area contributed by atoms with Crippen molar-refractivity contribution >= 4 is 21.9 Å². The van der Waals surface area contributed by atoms with E-state index in [0.717, 1.165) is 4.31 Å². The molecule has 1 amide bonds. The lowest BCUT2D eigenvalue weighted by atomic mass is 9.97. The van der Waals surface area contributed by atoms with Crippen LogP contribution < -0.4 is 9.47 Å². The van der Waals surface area contributed by atoms with Gasteiger partial charge in [0, 0.05) is 26.2 Å². The monoisotopic (exact) mass is 428 g/mol. The summed E-state index contributed by atoms with van der Waals surface area (Å²) >= 11 is 0. The summed E-state index contributed by atoms with van der Waals surface area (Å²) < 4.78 is 42.2. The molecule has 0 saturated carbocycles. The van der Waals surface area contributed by atoms with Crippen LogP contribution in [-0.4, -0.2) is 77.0 Å². The van der Waals surface area contributed by atoms with Crippen molar-refractivity contribution in [2.45, 2.75) is 24.7 Å². The maximum Gasteiger partial charge on any atom is 0.309 e. The van der Waals surface area contributed by atoms with Gasteiger partial charge in [0.1, 0.15) is 16.4 Å². The normalized spacial score (nSPS) is 15.3. The number of piperidine rings is 1. The van der Waals surface area contributed by atoms with Gasteiger partial charge in [-0.1, -0.05) is 0 Å². The Kier molecular flexibility index (Phi) is 7.86. The molecule has 0 aromatic heterocycles. The van der Waals surface area contributed by atoms with Crippen molar-refractivity contribution in [3.05, 3.63) is 18.2 Å². The molecule has 1 heterocycles. The summed E-state index contributed by atoms with van der Waals surface area (Å²) in [7, 11) is 0.182. The van der Waals surface area contributed by atoms with Gasteiger partial charge in [-0.2, -0.15) is 4.31 Å². The van der Waals surface area contributed by atoms with Gasteiger partial charge in [-0.05, 0) is 31.9 Å². The third kappa shape index (κ3) is 5.39. The molecule has 1 aromatic rings. The van der Waals surface area contributed by atoms with Crippen LogP contribution in [0.4, 0.5) is 0 Å². The molecule has 1 aromatic carbocycles. The fourth-order valence-electron chi connectivity index (χ4n) is 3.15. The van der Waals surface area contributed by atoms with Crippen LogP contribution in [0.1, 0.15) is 19.8 Å². The lowest BCUT2D eigenvalue weighted by Crippen LogP contribution is -2.45. The Morgan fingerprint density at radius 2 is 1.83 bits per heavy atom. The minimum atomic E-state index is -3.97. The largest absolute Gasteiger partial charge is 0.497 e. The molecule has 2 rings (SSSR count). The lowest BCUT2D eigenvalue weighted by Gasteiger charge is -2.32. The van der Waals surface area contributed by atoms with E-state index in [2.05, 4.69) is 0 Å². The van der Waals surface area contributed by atoms with Gasteiger partial charge in [0.25, 0.3) is 0 Å². The third-order valence-corrected chi connectivity index (χ3v) is 6.71. The zero-order valence-corrected chi connectivity index (χ0v) is 18.0. The molecular weight excluding hydrogens is 400 g/mol. The van der Waals surface area contributed by atoms with Crippen molar-refractivity contribution in [2.75, 3.05) is 47.5 Å². The second-order valence-corrected chi connectivity index (χ2v) is 8.70. The number of esters is 1. The number of amides is 1. The fourth-order valence-corrected chi connectivity index (χ4v) is 4.44. The number of methoxy groups -OCH3 is 2. The Morgan fingerprint density at radius 3 is 2.38 bits per heavy atom. The maximum absolute atomic E-state index is 13.0. The second-order valence-electron chi connectivity index (χ2n) is 6.68. The predicted octanol–water partition coefficient (Wildman–Crippen LogP) is 1.13. The van der Waals surface area contributed by atoms with E-state index in [1.54, 1.807) is 17.9 Å². The highest BCUT2D eigenvalue weighted by Crippen LogP contribution is 2.30. The minimum Gasteiger partial charge on any atom is -0.497 e. The van der Waals surface area contributed by atoms with Gasteiger partial charge in [-0.15, -0.1) is 0 Å². The molecule has 162 valence electrons. The van der Waals surface area contributed by atoms with E-state index in [1.165, 1.54) is 33.4 Å². The van der Waals surface area contributed by atoms with Crippen LogP contribution in [0, 0.1) is 5.92 Å². The Labute approximate surface area is 171 Å². The van der Waals surface area contributed by atoms with Gasteiger partial charge in [0.2, 0.25) is 15.9 Å². The van der Waals surface area contributed by atoms with E-state index < -0.39 is 10.0 Å². The SMILES string of the molecule is CCOC(=O)C1CCN(C(=O)CN(C)S(=O)(=O)c2cc(OC)ccc2OC)CC1. The quantitative estimate of drug-likeness (QED) is 0.572. The van der Waals surface area contributed by atoms with Crippen molar-refractivity contribution in [1.82, 2.24) is 9.21 Å². The molecule has 0 atom stereocenters. The van der Waals surface area contributed by atoms with Gasteiger partial charge >= 0.3 is 5.97 Å². The summed E-state index contributed by atoms with van der Waals surface area (Å²) in [5.41, 5.74) is 0. The molecular formula is C19H28N2O7S. The van der Waals surface area contributed by atoms with E-state index in [4.69, 9.17) is 14.2 Å². The molecule has 1 aliphatic rings. The number of likely N-dealkylation sites (tertiary alicyclic amines) is 1. The molecule has 10 heteroatoms. The number of hydrogen-bond acceptors (Lipinski definition) is 7. The van der Waals surface area contributed by atoms with Crippen LogP contribution in [0.5, 0.6) is 11.5 Å². The number of nitrogens with zero attached hydrogens (tertiary/aromatic N) is 2. The molecule has 1 aliphatic heterocycles. The Morgan fingerprint density at radius 1 is 1.17 bits per heavy atom. The summed E-state index contributed by atoms with van der Waals surface area (Å²) in [6.45, 7) is 2.54. The lowest BCUT2D eigenvalue weighted by molar-refractivity contribution is -0.151. The molecule has 29 heavy (non-hydrogen) atoms. The second kappa shape index (κ2) is 9.93. The molecule has 0 N–H and O–H groups in total. The van der Waals surface area contributed by atoms with Crippen molar-refractivity contribution < 1.29 is 32.2 Å². The van der Waals surface area contributed by atoms with Crippen molar-refractivity contribution in [3.63, 3.8) is 0 Å². The highest BCUT2D eigenvalue weighted by atomic mass is 32.2. The van der Waals surface area contributed by atoms with E-state index in [9.17, 15) is 18.0 Å². The average Bonchev–Trinajstić information content (AvgIpc) is 2.73. The topological polar surface area (TPSA) is 102 Å². The summed E-state index contributed by atoms with van der Waals surface area (Å²) in [4.78, 5) is 25.9. The van der Waals surface area contributed by atoms with Crippen molar-refractivity contribution in [2.24, 2.45) is 5.92 Å². The summed E-state index contributed by atoms with van der Waals surface area (Å²) in [5.74, 6) is -0.253. The third-order valence-electron chi connectivity index (χ3n) is 4.88. The molecule has 0 spiro atoms. The number of rotatable bonds is 8. The predicted molar refractivity (Wildman–Crippen MR) is 105 cm³/mol. The highest BCUT2D eigenvalue weighted by molar-refractivity contribution is 7.89. The average molecular weight is 429 g/mol.